The van der Waals surface area contributed by atoms with Crippen molar-refractivity contribution in [1.29, 1.82) is 0 Å². The zero-order valence-electron chi connectivity index (χ0n) is 10.3. The Hall–Kier alpha value is -0.220. The first-order valence-electron chi connectivity index (χ1n) is 6.14. The van der Waals surface area contributed by atoms with Gasteiger partial charge < -0.3 is 10.1 Å². The first-order chi connectivity index (χ1) is 7.74. The van der Waals surface area contributed by atoms with Crippen LogP contribution in [0.1, 0.15) is 26.2 Å². The van der Waals surface area contributed by atoms with Crippen molar-refractivity contribution in [3.05, 3.63) is 0 Å². The van der Waals surface area contributed by atoms with Crippen LogP contribution in [0.4, 0.5) is 0 Å². The van der Waals surface area contributed by atoms with Crippen molar-refractivity contribution in [2.24, 2.45) is 16.3 Å². The number of amidine groups is 1. The Morgan fingerprint density at radius 2 is 2.38 bits per heavy atom. The normalized spacial score (nSPS) is 27.4. The minimum Gasteiger partial charge on any atom is -0.385 e. The summed E-state index contributed by atoms with van der Waals surface area (Å²) in [5, 5.41) is 4.67. The summed E-state index contributed by atoms with van der Waals surface area (Å²) in [5.41, 5.74) is 0.516. The molecule has 3 nitrogen and oxygen atoms in total. The van der Waals surface area contributed by atoms with Crippen LogP contribution in [0.5, 0.6) is 0 Å². The summed E-state index contributed by atoms with van der Waals surface area (Å²) in [6.07, 6.45) is 3.88. The van der Waals surface area contributed by atoms with Crippen LogP contribution in [0.25, 0.3) is 0 Å². The molecule has 1 aliphatic heterocycles. The Balaban J connectivity index is 1.71. The molecule has 92 valence electrons. The third-order valence-corrected chi connectivity index (χ3v) is 4.74. The summed E-state index contributed by atoms with van der Waals surface area (Å²) in [4.78, 5) is 4.56. The lowest BCUT2D eigenvalue weighted by Gasteiger charge is -2.21. The van der Waals surface area contributed by atoms with Crippen LogP contribution in [-0.2, 0) is 4.74 Å². The second-order valence-electron chi connectivity index (χ2n) is 5.16. The highest BCUT2D eigenvalue weighted by Crippen LogP contribution is 2.48. The van der Waals surface area contributed by atoms with Crippen molar-refractivity contribution >= 4 is 16.9 Å². The molecule has 16 heavy (non-hydrogen) atoms. The SMILES string of the molecule is COCCC1(CNC2=NCC(C)CS2)CC1. The molecular weight excluding hydrogens is 220 g/mol. The molecule has 0 aromatic heterocycles. The Morgan fingerprint density at radius 3 is 2.94 bits per heavy atom. The van der Waals surface area contributed by atoms with Crippen molar-refractivity contribution < 1.29 is 4.74 Å². The second-order valence-corrected chi connectivity index (χ2v) is 6.17. The number of thioether (sulfide) groups is 1. The Labute approximate surface area is 102 Å². The molecule has 1 unspecified atom stereocenters. The van der Waals surface area contributed by atoms with E-state index in [1.807, 2.05) is 11.8 Å². The number of rotatable bonds is 5. The lowest BCUT2D eigenvalue weighted by molar-refractivity contribution is 0.173. The molecule has 0 radical (unpaired) electrons. The van der Waals surface area contributed by atoms with Crippen LogP contribution in [-0.4, -0.2) is 37.7 Å². The summed E-state index contributed by atoms with van der Waals surface area (Å²) < 4.78 is 5.16. The van der Waals surface area contributed by atoms with Gasteiger partial charge in [0.15, 0.2) is 5.17 Å². The molecule has 0 bridgehead atoms. The maximum atomic E-state index is 5.16. The largest absolute Gasteiger partial charge is 0.385 e. The van der Waals surface area contributed by atoms with E-state index in [1.165, 1.54) is 25.0 Å². The molecule has 1 heterocycles. The average Bonchev–Trinajstić information content (AvgIpc) is 3.07. The topological polar surface area (TPSA) is 33.6 Å². The van der Waals surface area contributed by atoms with Gasteiger partial charge in [-0.3, -0.25) is 4.99 Å². The van der Waals surface area contributed by atoms with Gasteiger partial charge in [-0.15, -0.1) is 0 Å². The molecule has 0 aromatic rings. The zero-order valence-corrected chi connectivity index (χ0v) is 11.1. The van der Waals surface area contributed by atoms with Crippen LogP contribution in [0, 0.1) is 11.3 Å². The number of ether oxygens (including phenoxy) is 1. The summed E-state index contributed by atoms with van der Waals surface area (Å²) in [5.74, 6) is 1.94. The molecule has 4 heteroatoms. The molecule has 0 aromatic carbocycles. The maximum absolute atomic E-state index is 5.16. The molecule has 2 rings (SSSR count). The number of nitrogens with zero attached hydrogens (tertiary/aromatic N) is 1. The first kappa shape index (κ1) is 12.2. The van der Waals surface area contributed by atoms with Gasteiger partial charge in [0.1, 0.15) is 0 Å². The van der Waals surface area contributed by atoms with Crippen LogP contribution in [0.3, 0.4) is 0 Å². The van der Waals surface area contributed by atoms with E-state index in [4.69, 9.17) is 4.74 Å². The summed E-state index contributed by atoms with van der Waals surface area (Å²) in [7, 11) is 1.78. The van der Waals surface area contributed by atoms with Crippen molar-refractivity contribution in [2.45, 2.75) is 26.2 Å². The zero-order chi connectivity index (χ0) is 11.4. The van der Waals surface area contributed by atoms with E-state index in [0.29, 0.717) is 5.41 Å². The van der Waals surface area contributed by atoms with Crippen molar-refractivity contribution in [3.63, 3.8) is 0 Å². The van der Waals surface area contributed by atoms with E-state index in [2.05, 4.69) is 17.2 Å². The summed E-state index contributed by atoms with van der Waals surface area (Å²) in [6, 6.07) is 0. The van der Waals surface area contributed by atoms with Crippen molar-refractivity contribution in [2.75, 3.05) is 32.6 Å². The van der Waals surface area contributed by atoms with Gasteiger partial charge in [0.2, 0.25) is 0 Å². The molecule has 1 aliphatic carbocycles. The van der Waals surface area contributed by atoms with E-state index in [0.717, 1.165) is 30.8 Å². The van der Waals surface area contributed by atoms with Crippen molar-refractivity contribution in [3.8, 4) is 0 Å². The van der Waals surface area contributed by atoms with Gasteiger partial charge in [-0.05, 0) is 30.6 Å². The van der Waals surface area contributed by atoms with Gasteiger partial charge in [0.25, 0.3) is 0 Å². The fourth-order valence-corrected chi connectivity index (χ4v) is 2.83. The van der Waals surface area contributed by atoms with E-state index < -0.39 is 0 Å². The summed E-state index contributed by atoms with van der Waals surface area (Å²) in [6.45, 7) is 5.21. The molecule has 1 atom stereocenters. The minimum absolute atomic E-state index is 0.516. The molecule has 0 amide bonds. The number of aliphatic imine (C=N–C) groups is 1. The molecule has 0 spiro atoms. The minimum atomic E-state index is 0.516. The van der Waals surface area contributed by atoms with Crippen LogP contribution in [0.2, 0.25) is 0 Å². The predicted molar refractivity (Wildman–Crippen MR) is 70.1 cm³/mol. The Kier molecular flexibility index (Phi) is 4.14. The molecule has 0 saturated heterocycles. The van der Waals surface area contributed by atoms with Crippen LogP contribution < -0.4 is 5.32 Å². The second kappa shape index (κ2) is 5.41. The Bertz CT molecular complexity index is 264. The lowest BCUT2D eigenvalue weighted by atomic mass is 10.0. The number of hydrogen-bond donors (Lipinski definition) is 1. The molecule has 1 N–H and O–H groups in total. The highest BCUT2D eigenvalue weighted by molar-refractivity contribution is 8.13. The van der Waals surface area contributed by atoms with E-state index in [-0.39, 0.29) is 0 Å². The number of nitrogens with one attached hydrogen (secondary N) is 1. The highest BCUT2D eigenvalue weighted by Gasteiger charge is 2.41. The van der Waals surface area contributed by atoms with E-state index >= 15 is 0 Å². The Morgan fingerprint density at radius 1 is 1.56 bits per heavy atom. The smallest absolute Gasteiger partial charge is 0.156 e. The average molecular weight is 242 g/mol. The van der Waals surface area contributed by atoms with E-state index in [9.17, 15) is 0 Å². The van der Waals surface area contributed by atoms with Gasteiger partial charge in [-0.1, -0.05) is 18.7 Å². The third-order valence-electron chi connectivity index (χ3n) is 3.46. The fraction of sp³-hybridized carbons (Fsp3) is 0.917. The predicted octanol–water partition coefficient (Wildman–Crippen LogP) is 2.13. The number of hydrogen-bond acceptors (Lipinski definition) is 4. The van der Waals surface area contributed by atoms with E-state index in [1.54, 1.807) is 7.11 Å². The first-order valence-corrected chi connectivity index (χ1v) is 7.13. The highest BCUT2D eigenvalue weighted by atomic mass is 32.2. The monoisotopic (exact) mass is 242 g/mol. The molecule has 2 aliphatic rings. The third kappa shape index (κ3) is 3.39. The van der Waals surface area contributed by atoms with Gasteiger partial charge in [-0.2, -0.15) is 0 Å². The van der Waals surface area contributed by atoms with Gasteiger partial charge in [0.05, 0.1) is 0 Å². The lowest BCUT2D eigenvalue weighted by Crippen LogP contribution is -2.31. The van der Waals surface area contributed by atoms with Gasteiger partial charge in [0, 0.05) is 32.6 Å². The standard InChI is InChI=1S/C12H22N2OS/c1-10-7-13-11(16-8-10)14-9-12(3-4-12)5-6-15-2/h10H,3-9H2,1-2H3,(H,13,14). The quantitative estimate of drug-likeness (QED) is 0.802. The van der Waals surface area contributed by atoms with Gasteiger partial charge in [-0.25, -0.2) is 0 Å². The fourth-order valence-electron chi connectivity index (χ4n) is 1.94. The maximum Gasteiger partial charge on any atom is 0.156 e. The molecule has 1 fully saturated rings. The van der Waals surface area contributed by atoms with Crippen LogP contribution in [0.15, 0.2) is 4.99 Å². The summed E-state index contributed by atoms with van der Waals surface area (Å²) >= 11 is 1.87. The van der Waals surface area contributed by atoms with Crippen molar-refractivity contribution in [1.82, 2.24) is 5.32 Å². The number of methoxy groups -OCH3 is 1. The van der Waals surface area contributed by atoms with Crippen LogP contribution >= 0.6 is 11.8 Å². The molecule has 1 saturated carbocycles. The molecular formula is C12H22N2OS. The van der Waals surface area contributed by atoms with Gasteiger partial charge >= 0.3 is 0 Å².